The Bertz CT molecular complexity index is 634. The lowest BCUT2D eigenvalue weighted by Crippen LogP contribution is -2.53. The van der Waals surface area contributed by atoms with E-state index in [2.05, 4.69) is 20.8 Å². The Kier molecular flexibility index (Phi) is 16.5. The van der Waals surface area contributed by atoms with E-state index in [0.717, 1.165) is 24.8 Å². The Hall–Kier alpha value is -1.36. The van der Waals surface area contributed by atoms with Gasteiger partial charge in [0.05, 0.1) is 45.1 Å². The normalized spacial score (nSPS) is 16.2. The number of carbonyl (C=O) groups is 2. The molecule has 0 aliphatic carbocycles. The molecule has 0 rings (SSSR count). The smallest absolute Gasteiger partial charge is 0.317 e. The molecule has 0 radical (unpaired) electrons. The van der Waals surface area contributed by atoms with Gasteiger partial charge in [-0.2, -0.15) is 0 Å². The van der Waals surface area contributed by atoms with Crippen LogP contribution in [0, 0.1) is 22.7 Å². The molecule has 0 aromatic rings. The number of carboxylic acids is 1. The molecular formula is C26H48O9. The summed E-state index contributed by atoms with van der Waals surface area (Å²) in [4.78, 5) is 24.5. The van der Waals surface area contributed by atoms with Crippen LogP contribution in [0.1, 0.15) is 72.6 Å². The van der Waals surface area contributed by atoms with Gasteiger partial charge in [0, 0.05) is 6.42 Å². The second kappa shape index (κ2) is 17.2. The second-order valence-corrected chi connectivity index (χ2v) is 10.5. The van der Waals surface area contributed by atoms with Crippen molar-refractivity contribution in [1.29, 1.82) is 0 Å². The van der Waals surface area contributed by atoms with Crippen LogP contribution in [0.3, 0.4) is 0 Å². The molecule has 6 N–H and O–H groups in total. The van der Waals surface area contributed by atoms with E-state index in [9.17, 15) is 40.2 Å². The highest BCUT2D eigenvalue weighted by Crippen LogP contribution is 2.27. The van der Waals surface area contributed by atoms with Gasteiger partial charge in [0.25, 0.3) is 0 Å². The lowest BCUT2D eigenvalue weighted by molar-refractivity contribution is -0.175. The van der Waals surface area contributed by atoms with E-state index in [4.69, 9.17) is 4.74 Å². The van der Waals surface area contributed by atoms with E-state index < -0.39 is 68.3 Å². The average molecular weight is 505 g/mol. The number of ether oxygens (including phenoxy) is 1. The van der Waals surface area contributed by atoms with Crippen LogP contribution in [0.5, 0.6) is 0 Å². The minimum Gasteiger partial charge on any atom is -0.481 e. The summed E-state index contributed by atoms with van der Waals surface area (Å²) in [6.07, 6.45) is 5.99. The third kappa shape index (κ3) is 11.5. The molecule has 35 heavy (non-hydrogen) atoms. The monoisotopic (exact) mass is 504 g/mol. The molecule has 206 valence electrons. The van der Waals surface area contributed by atoms with Gasteiger partial charge in [0.15, 0.2) is 5.78 Å². The summed E-state index contributed by atoms with van der Waals surface area (Å²) in [5.74, 6) is -1.03. The van der Waals surface area contributed by atoms with Crippen molar-refractivity contribution in [2.24, 2.45) is 22.7 Å². The quantitative estimate of drug-likeness (QED) is 0.128. The highest BCUT2D eigenvalue weighted by atomic mass is 16.5. The predicted octanol–water partition coefficient (Wildman–Crippen LogP) is 1.93. The Balaban J connectivity index is 4.91. The fourth-order valence-corrected chi connectivity index (χ4v) is 3.74. The van der Waals surface area contributed by atoms with Crippen molar-refractivity contribution >= 4 is 11.8 Å². The van der Waals surface area contributed by atoms with Crippen molar-refractivity contribution < 1.29 is 45.0 Å². The summed E-state index contributed by atoms with van der Waals surface area (Å²) < 4.78 is 5.25. The van der Waals surface area contributed by atoms with E-state index in [1.807, 2.05) is 6.92 Å². The maximum Gasteiger partial charge on any atom is 0.317 e. The van der Waals surface area contributed by atoms with Crippen LogP contribution in [-0.4, -0.2) is 88.1 Å². The summed E-state index contributed by atoms with van der Waals surface area (Å²) in [7, 11) is 0. The minimum absolute atomic E-state index is 0.181. The molecule has 0 bridgehead atoms. The van der Waals surface area contributed by atoms with Gasteiger partial charge >= 0.3 is 5.97 Å². The maximum absolute atomic E-state index is 12.6. The van der Waals surface area contributed by atoms with Crippen molar-refractivity contribution in [3.05, 3.63) is 11.6 Å². The van der Waals surface area contributed by atoms with Crippen LogP contribution in [0.15, 0.2) is 11.6 Å². The van der Waals surface area contributed by atoms with Crippen LogP contribution in [-0.2, 0) is 14.3 Å². The lowest BCUT2D eigenvalue weighted by Gasteiger charge is -2.33. The molecule has 9 nitrogen and oxygen atoms in total. The van der Waals surface area contributed by atoms with Crippen LogP contribution < -0.4 is 0 Å². The van der Waals surface area contributed by atoms with Gasteiger partial charge in [0.1, 0.15) is 11.5 Å². The number of Topliss-reactive ketones (excluding diaryl/α,β-unsaturated/α-hetero) is 1. The summed E-state index contributed by atoms with van der Waals surface area (Å²) in [6.45, 7) is 4.48. The third-order valence-corrected chi connectivity index (χ3v) is 6.71. The number of carboxylic acid groups (broad SMARTS) is 1. The second-order valence-electron chi connectivity index (χ2n) is 10.5. The third-order valence-electron chi connectivity index (χ3n) is 6.71. The minimum atomic E-state index is -2.31. The number of hydrogen-bond donors (Lipinski definition) is 6. The standard InChI is InChI=1S/C26H48O9/c1-19(2)7-5-8-20(3)9-6-10-21(4)11-12-22(31)23(32)26(16-30,24(33)34)18-35-17-25(13-27,14-28)15-29/h11,19-20,23,27-30,32H,5-10,12-18H2,1-4H3,(H,33,34). The van der Waals surface area contributed by atoms with E-state index in [1.165, 1.54) is 19.3 Å². The van der Waals surface area contributed by atoms with E-state index >= 15 is 0 Å². The zero-order valence-corrected chi connectivity index (χ0v) is 21.9. The molecule has 0 spiro atoms. The molecule has 3 unspecified atom stereocenters. The van der Waals surface area contributed by atoms with Crippen molar-refractivity contribution in [2.75, 3.05) is 39.6 Å². The number of aliphatic carboxylic acids is 1. The summed E-state index contributed by atoms with van der Waals surface area (Å²) in [5, 5.41) is 58.1. The fourth-order valence-electron chi connectivity index (χ4n) is 3.74. The van der Waals surface area contributed by atoms with Crippen molar-refractivity contribution in [2.45, 2.75) is 78.7 Å². The first-order valence-corrected chi connectivity index (χ1v) is 12.5. The molecule has 0 amide bonds. The Morgan fingerprint density at radius 3 is 1.94 bits per heavy atom. The van der Waals surface area contributed by atoms with Crippen LogP contribution >= 0.6 is 0 Å². The highest BCUT2D eigenvalue weighted by molar-refractivity contribution is 5.91. The number of aliphatic hydroxyl groups is 5. The number of allylic oxidation sites excluding steroid dienone is 2. The first kappa shape index (κ1) is 33.6. The largest absolute Gasteiger partial charge is 0.481 e. The molecule has 0 aromatic carbocycles. The topological polar surface area (TPSA) is 165 Å². The lowest BCUT2D eigenvalue weighted by atomic mass is 9.80. The zero-order chi connectivity index (χ0) is 27.1. The summed E-state index contributed by atoms with van der Waals surface area (Å²) in [6, 6.07) is 0. The van der Waals surface area contributed by atoms with Crippen LogP contribution in [0.2, 0.25) is 0 Å². The molecule has 0 heterocycles. The molecule has 0 aliphatic rings. The fraction of sp³-hybridized carbons (Fsp3) is 0.846. The van der Waals surface area contributed by atoms with E-state index in [-0.39, 0.29) is 6.42 Å². The number of rotatable bonds is 21. The van der Waals surface area contributed by atoms with Gasteiger partial charge in [-0.15, -0.1) is 0 Å². The van der Waals surface area contributed by atoms with Gasteiger partial charge in [0.2, 0.25) is 0 Å². The van der Waals surface area contributed by atoms with E-state index in [0.29, 0.717) is 11.8 Å². The average Bonchev–Trinajstić information content (AvgIpc) is 2.82. The highest BCUT2D eigenvalue weighted by Gasteiger charge is 2.49. The van der Waals surface area contributed by atoms with Crippen molar-refractivity contribution in [1.82, 2.24) is 0 Å². The van der Waals surface area contributed by atoms with E-state index in [1.54, 1.807) is 6.08 Å². The van der Waals surface area contributed by atoms with Crippen LogP contribution in [0.4, 0.5) is 0 Å². The Morgan fingerprint density at radius 2 is 1.46 bits per heavy atom. The number of aliphatic hydroxyl groups excluding tert-OH is 5. The molecule has 0 fully saturated rings. The van der Waals surface area contributed by atoms with Gasteiger partial charge < -0.3 is 35.4 Å². The van der Waals surface area contributed by atoms with Gasteiger partial charge in [-0.1, -0.05) is 58.1 Å². The SMILES string of the molecule is CC(=CCC(=O)C(O)C(CO)(COCC(CO)(CO)CO)C(=O)O)CCCC(C)CCCC(C)C. The molecule has 0 aliphatic heterocycles. The zero-order valence-electron chi connectivity index (χ0n) is 21.9. The maximum atomic E-state index is 12.6. The van der Waals surface area contributed by atoms with Crippen LogP contribution in [0.25, 0.3) is 0 Å². The first-order valence-electron chi connectivity index (χ1n) is 12.5. The summed E-state index contributed by atoms with van der Waals surface area (Å²) in [5.41, 5.74) is -2.75. The predicted molar refractivity (Wildman–Crippen MR) is 133 cm³/mol. The molecule has 3 atom stereocenters. The number of carbonyl (C=O) groups excluding carboxylic acids is 1. The molecular weight excluding hydrogens is 456 g/mol. The van der Waals surface area contributed by atoms with Crippen molar-refractivity contribution in [3.63, 3.8) is 0 Å². The molecule has 0 aromatic heterocycles. The molecule has 0 saturated heterocycles. The van der Waals surface area contributed by atoms with Crippen molar-refractivity contribution in [3.8, 4) is 0 Å². The number of hydrogen-bond acceptors (Lipinski definition) is 8. The first-order chi connectivity index (χ1) is 16.4. The Morgan fingerprint density at radius 1 is 0.886 bits per heavy atom. The molecule has 9 heteroatoms. The van der Waals surface area contributed by atoms with Gasteiger partial charge in [-0.05, 0) is 31.6 Å². The summed E-state index contributed by atoms with van der Waals surface area (Å²) >= 11 is 0. The van der Waals surface area contributed by atoms with Gasteiger partial charge in [-0.25, -0.2) is 0 Å². The Labute approximate surface area is 209 Å². The molecule has 0 saturated carbocycles. The van der Waals surface area contributed by atoms with Gasteiger partial charge in [-0.3, -0.25) is 9.59 Å². The number of ketones is 1.